The topological polar surface area (TPSA) is 24.9 Å². The van der Waals surface area contributed by atoms with E-state index in [1.54, 1.807) is 6.20 Å². The molecule has 1 aromatic rings. The van der Waals surface area contributed by atoms with Crippen LogP contribution in [0.25, 0.3) is 0 Å². The van der Waals surface area contributed by atoms with Crippen molar-refractivity contribution in [2.45, 2.75) is 19.3 Å². The largest absolute Gasteiger partial charge is 0.368 e. The first-order valence-corrected chi connectivity index (χ1v) is 6.97. The second-order valence-corrected chi connectivity index (χ2v) is 5.98. The summed E-state index contributed by atoms with van der Waals surface area (Å²) in [6.45, 7) is 0.911. The van der Waals surface area contributed by atoms with E-state index in [-0.39, 0.29) is 0 Å². The molecule has 0 atom stereocenters. The van der Waals surface area contributed by atoms with E-state index in [1.165, 1.54) is 12.8 Å². The van der Waals surface area contributed by atoms with E-state index < -0.39 is 0 Å². The first kappa shape index (κ1) is 12.5. The quantitative estimate of drug-likeness (QED) is 0.816. The highest BCUT2D eigenvalue weighted by Gasteiger charge is 2.41. The van der Waals surface area contributed by atoms with Crippen LogP contribution in [-0.2, 0) is 0 Å². The molecule has 0 bridgehead atoms. The van der Waals surface area contributed by atoms with E-state index in [0.29, 0.717) is 10.4 Å². The predicted octanol–water partition coefficient (Wildman–Crippen LogP) is 4.32. The van der Waals surface area contributed by atoms with Gasteiger partial charge in [0.2, 0.25) is 0 Å². The summed E-state index contributed by atoms with van der Waals surface area (Å²) < 4.78 is 0.893. The van der Waals surface area contributed by atoms with Gasteiger partial charge in [-0.15, -0.1) is 11.6 Å². The number of halogens is 3. The number of hydrogen-bond acceptors (Lipinski definition) is 2. The zero-order chi connectivity index (χ0) is 11.6. The lowest BCUT2D eigenvalue weighted by Gasteiger charge is -2.15. The van der Waals surface area contributed by atoms with E-state index in [0.717, 1.165) is 29.1 Å². The van der Waals surface area contributed by atoms with Crippen LogP contribution in [0.2, 0.25) is 5.02 Å². The van der Waals surface area contributed by atoms with Gasteiger partial charge in [0.1, 0.15) is 5.82 Å². The Balaban J connectivity index is 1.94. The number of aromatic nitrogens is 1. The molecule has 5 heteroatoms. The normalized spacial score (nSPS) is 17.2. The van der Waals surface area contributed by atoms with Crippen LogP contribution < -0.4 is 5.32 Å². The molecule has 88 valence electrons. The number of alkyl halides is 1. The molecule has 0 unspecified atom stereocenters. The Morgan fingerprint density at radius 2 is 2.25 bits per heavy atom. The van der Waals surface area contributed by atoms with Gasteiger partial charge in [-0.3, -0.25) is 0 Å². The molecule has 1 aromatic heterocycles. The third kappa shape index (κ3) is 3.02. The van der Waals surface area contributed by atoms with E-state index in [1.807, 2.05) is 6.07 Å². The van der Waals surface area contributed by atoms with Crippen LogP contribution in [0.3, 0.4) is 0 Å². The van der Waals surface area contributed by atoms with Gasteiger partial charge >= 0.3 is 0 Å². The van der Waals surface area contributed by atoms with Crippen molar-refractivity contribution in [2.75, 3.05) is 17.7 Å². The fraction of sp³-hybridized carbons (Fsp3) is 0.545. The fourth-order valence-electron chi connectivity index (χ4n) is 1.71. The van der Waals surface area contributed by atoms with Crippen LogP contribution in [0.5, 0.6) is 0 Å². The average Bonchev–Trinajstić information content (AvgIpc) is 2.98. The van der Waals surface area contributed by atoms with Crippen molar-refractivity contribution >= 4 is 44.9 Å². The maximum atomic E-state index is 6.07. The molecule has 0 spiro atoms. The number of pyridine rings is 1. The summed E-state index contributed by atoms with van der Waals surface area (Å²) in [6, 6.07) is 1.85. The Morgan fingerprint density at radius 1 is 1.50 bits per heavy atom. The molecule has 0 saturated heterocycles. The van der Waals surface area contributed by atoms with Crippen molar-refractivity contribution in [3.63, 3.8) is 0 Å². The first-order valence-electron chi connectivity index (χ1n) is 5.26. The molecule has 1 heterocycles. The summed E-state index contributed by atoms with van der Waals surface area (Å²) in [7, 11) is 0. The third-order valence-electron chi connectivity index (χ3n) is 3.02. The summed E-state index contributed by atoms with van der Waals surface area (Å²) in [5, 5.41) is 3.95. The smallest absolute Gasteiger partial charge is 0.144 e. The van der Waals surface area contributed by atoms with Gasteiger partial charge in [0.15, 0.2) is 0 Å². The highest BCUT2D eigenvalue weighted by molar-refractivity contribution is 9.10. The highest BCUT2D eigenvalue weighted by Crippen LogP contribution is 2.49. The Bertz CT molecular complexity index is 380. The minimum Gasteiger partial charge on any atom is -0.368 e. The highest BCUT2D eigenvalue weighted by atomic mass is 79.9. The fourth-order valence-corrected chi connectivity index (χ4v) is 2.81. The molecule has 1 aliphatic carbocycles. The minimum absolute atomic E-state index is 0.389. The molecule has 1 saturated carbocycles. The molecule has 16 heavy (non-hydrogen) atoms. The number of rotatable bonds is 5. The Labute approximate surface area is 114 Å². The molecular formula is C11H13BrCl2N2. The SMILES string of the molecule is ClCCC1(CNc2ncc(Br)cc2Cl)CC1. The summed E-state index contributed by atoms with van der Waals surface area (Å²) in [5.74, 6) is 1.48. The average molecular weight is 324 g/mol. The second-order valence-electron chi connectivity index (χ2n) is 4.28. The number of anilines is 1. The van der Waals surface area contributed by atoms with Gasteiger partial charge in [-0.25, -0.2) is 4.98 Å². The predicted molar refractivity (Wildman–Crippen MR) is 72.4 cm³/mol. The van der Waals surface area contributed by atoms with Crippen molar-refractivity contribution < 1.29 is 0 Å². The maximum Gasteiger partial charge on any atom is 0.144 e. The second kappa shape index (κ2) is 5.11. The lowest BCUT2D eigenvalue weighted by atomic mass is 10.0. The molecule has 0 radical (unpaired) electrons. The summed E-state index contributed by atoms with van der Waals surface area (Å²) in [4.78, 5) is 4.25. The molecule has 0 amide bonds. The van der Waals surface area contributed by atoms with Crippen LogP contribution in [0.4, 0.5) is 5.82 Å². The summed E-state index contributed by atoms with van der Waals surface area (Å²) >= 11 is 15.2. The number of hydrogen-bond donors (Lipinski definition) is 1. The Hall–Kier alpha value is 0.01000. The summed E-state index contributed by atoms with van der Waals surface area (Å²) in [6.07, 6.45) is 5.31. The Kier molecular flexibility index (Phi) is 3.98. The van der Waals surface area contributed by atoms with Crippen LogP contribution in [-0.4, -0.2) is 17.4 Å². The van der Waals surface area contributed by atoms with Gasteiger partial charge in [-0.05, 0) is 46.7 Å². The first-order chi connectivity index (χ1) is 7.65. The van der Waals surface area contributed by atoms with Crippen molar-refractivity contribution in [2.24, 2.45) is 5.41 Å². The Morgan fingerprint density at radius 3 is 2.81 bits per heavy atom. The zero-order valence-electron chi connectivity index (χ0n) is 8.77. The van der Waals surface area contributed by atoms with Gasteiger partial charge in [-0.1, -0.05) is 11.6 Å². The zero-order valence-corrected chi connectivity index (χ0v) is 11.9. The van der Waals surface area contributed by atoms with E-state index in [9.17, 15) is 0 Å². The van der Waals surface area contributed by atoms with Gasteiger partial charge in [-0.2, -0.15) is 0 Å². The number of nitrogens with one attached hydrogen (secondary N) is 1. The van der Waals surface area contributed by atoms with E-state index in [2.05, 4.69) is 26.2 Å². The monoisotopic (exact) mass is 322 g/mol. The molecule has 1 aliphatic rings. The molecule has 0 aromatic carbocycles. The number of nitrogens with zero attached hydrogens (tertiary/aromatic N) is 1. The van der Waals surface area contributed by atoms with Crippen molar-refractivity contribution in [3.05, 3.63) is 21.8 Å². The maximum absolute atomic E-state index is 6.07. The van der Waals surface area contributed by atoms with E-state index >= 15 is 0 Å². The lowest BCUT2D eigenvalue weighted by Crippen LogP contribution is -2.16. The van der Waals surface area contributed by atoms with Crippen molar-refractivity contribution in [1.82, 2.24) is 4.98 Å². The third-order valence-corrected chi connectivity index (χ3v) is 3.93. The molecule has 2 nitrogen and oxygen atoms in total. The molecule has 1 N–H and O–H groups in total. The van der Waals surface area contributed by atoms with E-state index in [4.69, 9.17) is 23.2 Å². The summed E-state index contributed by atoms with van der Waals surface area (Å²) in [5.41, 5.74) is 0.389. The van der Waals surface area contributed by atoms with Crippen molar-refractivity contribution in [1.29, 1.82) is 0 Å². The van der Waals surface area contributed by atoms with Crippen LogP contribution in [0, 0.1) is 5.41 Å². The molecule has 0 aliphatic heterocycles. The van der Waals surface area contributed by atoms with Crippen molar-refractivity contribution in [3.8, 4) is 0 Å². The lowest BCUT2D eigenvalue weighted by molar-refractivity contribution is 0.524. The minimum atomic E-state index is 0.389. The standard InChI is InChI=1S/C11H13BrCl2N2/c12-8-5-9(14)10(15-6-8)16-7-11(1-2-11)3-4-13/h5-6H,1-4,7H2,(H,15,16). The molecule has 2 rings (SSSR count). The van der Waals surface area contributed by atoms with Gasteiger partial charge < -0.3 is 5.32 Å². The molecule has 1 fully saturated rings. The molecular weight excluding hydrogens is 311 g/mol. The van der Waals surface area contributed by atoms with Gasteiger partial charge in [0.25, 0.3) is 0 Å². The van der Waals surface area contributed by atoms with Gasteiger partial charge in [0, 0.05) is 23.1 Å². The van der Waals surface area contributed by atoms with Crippen LogP contribution in [0.15, 0.2) is 16.7 Å². The van der Waals surface area contributed by atoms with Crippen LogP contribution in [0.1, 0.15) is 19.3 Å². The van der Waals surface area contributed by atoms with Crippen LogP contribution >= 0.6 is 39.1 Å². The van der Waals surface area contributed by atoms with Gasteiger partial charge in [0.05, 0.1) is 5.02 Å².